The van der Waals surface area contributed by atoms with Gasteiger partial charge in [-0.15, -0.1) is 0 Å². The van der Waals surface area contributed by atoms with Gasteiger partial charge in [0.2, 0.25) is 5.91 Å². The smallest absolute Gasteiger partial charge is 0.321 e. The first-order chi connectivity index (χ1) is 9.79. The van der Waals surface area contributed by atoms with Gasteiger partial charge in [0, 0.05) is 13.0 Å². The van der Waals surface area contributed by atoms with Crippen LogP contribution in [-0.2, 0) is 9.59 Å². The molecule has 2 aliphatic carbocycles. The third-order valence-corrected chi connectivity index (χ3v) is 4.39. The maximum absolute atomic E-state index is 11.7. The van der Waals surface area contributed by atoms with Crippen LogP contribution in [0, 0.1) is 23.2 Å². The number of carboxylic acid groups (broad SMARTS) is 1. The summed E-state index contributed by atoms with van der Waals surface area (Å²) in [7, 11) is 0. The van der Waals surface area contributed by atoms with Crippen LogP contribution in [0.1, 0.15) is 46.0 Å². The van der Waals surface area contributed by atoms with Crippen molar-refractivity contribution in [1.29, 1.82) is 0 Å². The van der Waals surface area contributed by atoms with Gasteiger partial charge in [-0.2, -0.15) is 0 Å². The van der Waals surface area contributed by atoms with Gasteiger partial charge >= 0.3 is 12.0 Å². The highest BCUT2D eigenvalue weighted by atomic mass is 16.4. The van der Waals surface area contributed by atoms with E-state index < -0.39 is 23.3 Å². The standard InChI is InChI=1S/C15H24N2O4/c1-15(2,13(19)20)7-12(18)17-14(21)16-8-11(9-3-4-9)10-5-6-10/h9-11H,3-8H2,1-2H3,(H,19,20)(H2,16,17,18,21). The van der Waals surface area contributed by atoms with Crippen molar-refractivity contribution in [1.82, 2.24) is 10.6 Å². The van der Waals surface area contributed by atoms with E-state index in [0.717, 1.165) is 11.8 Å². The SMILES string of the molecule is CC(C)(CC(=O)NC(=O)NCC(C1CC1)C1CC1)C(=O)O. The summed E-state index contributed by atoms with van der Waals surface area (Å²) in [5.74, 6) is 0.398. The van der Waals surface area contributed by atoms with E-state index in [2.05, 4.69) is 10.6 Å². The highest BCUT2D eigenvalue weighted by Crippen LogP contribution is 2.48. The van der Waals surface area contributed by atoms with Crippen molar-refractivity contribution >= 4 is 17.9 Å². The predicted molar refractivity (Wildman–Crippen MR) is 76.5 cm³/mol. The first-order valence-corrected chi connectivity index (χ1v) is 7.60. The molecule has 2 saturated carbocycles. The molecular formula is C15H24N2O4. The highest BCUT2D eigenvalue weighted by Gasteiger charge is 2.41. The number of imide groups is 1. The Kier molecular flexibility index (Phi) is 4.54. The van der Waals surface area contributed by atoms with E-state index in [-0.39, 0.29) is 6.42 Å². The zero-order valence-electron chi connectivity index (χ0n) is 12.6. The molecule has 2 rings (SSSR count). The average Bonchev–Trinajstić information content (AvgIpc) is 3.23. The third-order valence-electron chi connectivity index (χ3n) is 4.39. The minimum absolute atomic E-state index is 0.218. The molecule has 6 nitrogen and oxygen atoms in total. The molecule has 0 unspecified atom stereocenters. The number of nitrogens with one attached hydrogen (secondary N) is 2. The zero-order valence-corrected chi connectivity index (χ0v) is 12.6. The Hall–Kier alpha value is -1.59. The molecule has 0 bridgehead atoms. The van der Waals surface area contributed by atoms with Gasteiger partial charge in [-0.05, 0) is 57.3 Å². The third kappa shape index (κ3) is 4.72. The Morgan fingerprint density at radius 2 is 1.67 bits per heavy atom. The predicted octanol–water partition coefficient (Wildman–Crippen LogP) is 1.75. The first-order valence-electron chi connectivity index (χ1n) is 7.60. The van der Waals surface area contributed by atoms with Gasteiger partial charge in [0.25, 0.3) is 0 Å². The van der Waals surface area contributed by atoms with Gasteiger partial charge < -0.3 is 10.4 Å². The molecule has 0 aromatic heterocycles. The number of carbonyl (C=O) groups excluding carboxylic acids is 2. The number of aliphatic carboxylic acids is 1. The fourth-order valence-electron chi connectivity index (χ4n) is 2.67. The minimum Gasteiger partial charge on any atom is -0.481 e. The summed E-state index contributed by atoms with van der Waals surface area (Å²) in [6, 6.07) is -0.521. The summed E-state index contributed by atoms with van der Waals surface area (Å²) in [6.07, 6.45) is 4.77. The number of rotatable bonds is 7. The van der Waals surface area contributed by atoms with Crippen molar-refractivity contribution in [3.05, 3.63) is 0 Å². The van der Waals surface area contributed by atoms with Gasteiger partial charge in [-0.1, -0.05) is 0 Å². The molecule has 0 radical (unpaired) electrons. The zero-order chi connectivity index (χ0) is 15.6. The summed E-state index contributed by atoms with van der Waals surface area (Å²) < 4.78 is 0. The molecule has 118 valence electrons. The monoisotopic (exact) mass is 296 g/mol. The molecule has 21 heavy (non-hydrogen) atoms. The van der Waals surface area contributed by atoms with Crippen molar-refractivity contribution in [3.63, 3.8) is 0 Å². The lowest BCUT2D eigenvalue weighted by Crippen LogP contribution is -2.44. The second kappa shape index (κ2) is 6.03. The molecule has 2 aliphatic rings. The van der Waals surface area contributed by atoms with Crippen LogP contribution in [0.25, 0.3) is 0 Å². The second-order valence-electron chi connectivity index (χ2n) is 6.96. The fraction of sp³-hybridized carbons (Fsp3) is 0.800. The molecule has 3 N–H and O–H groups in total. The lowest BCUT2D eigenvalue weighted by molar-refractivity contribution is -0.149. The molecule has 0 atom stereocenters. The van der Waals surface area contributed by atoms with Crippen LogP contribution in [0.2, 0.25) is 0 Å². The highest BCUT2D eigenvalue weighted by molar-refractivity contribution is 5.96. The molecule has 0 heterocycles. The molecule has 0 saturated heterocycles. The number of carboxylic acids is 1. The van der Waals surface area contributed by atoms with Crippen molar-refractivity contribution in [3.8, 4) is 0 Å². The molecular weight excluding hydrogens is 272 g/mol. The number of hydrogen-bond acceptors (Lipinski definition) is 3. The largest absolute Gasteiger partial charge is 0.481 e. The molecule has 0 spiro atoms. The van der Waals surface area contributed by atoms with Gasteiger partial charge in [0.05, 0.1) is 5.41 Å². The summed E-state index contributed by atoms with van der Waals surface area (Å²) in [6.45, 7) is 3.53. The topological polar surface area (TPSA) is 95.5 Å². The number of urea groups is 1. The van der Waals surface area contributed by atoms with Crippen molar-refractivity contribution in [2.75, 3.05) is 6.54 Å². The summed E-state index contributed by atoms with van der Waals surface area (Å²) in [5.41, 5.74) is -1.17. The van der Waals surface area contributed by atoms with Crippen molar-refractivity contribution in [2.24, 2.45) is 23.2 Å². The maximum Gasteiger partial charge on any atom is 0.321 e. The fourth-order valence-corrected chi connectivity index (χ4v) is 2.67. The van der Waals surface area contributed by atoms with Crippen LogP contribution in [0.15, 0.2) is 0 Å². The van der Waals surface area contributed by atoms with E-state index in [1.807, 2.05) is 0 Å². The maximum atomic E-state index is 11.7. The van der Waals surface area contributed by atoms with E-state index in [9.17, 15) is 14.4 Å². The van der Waals surface area contributed by atoms with Crippen LogP contribution in [0.4, 0.5) is 4.79 Å². The molecule has 2 fully saturated rings. The Bertz CT molecular complexity index is 427. The molecule has 3 amide bonds. The summed E-state index contributed by atoms with van der Waals surface area (Å²) in [4.78, 5) is 34.3. The second-order valence-corrected chi connectivity index (χ2v) is 6.96. The quantitative estimate of drug-likeness (QED) is 0.667. The van der Waals surface area contributed by atoms with Gasteiger partial charge in [0.1, 0.15) is 0 Å². The minimum atomic E-state index is -1.17. The molecule has 0 aromatic rings. The molecule has 6 heteroatoms. The first kappa shape index (κ1) is 15.8. The summed E-state index contributed by atoms with van der Waals surface area (Å²) >= 11 is 0. The van der Waals surface area contributed by atoms with Crippen LogP contribution in [0.5, 0.6) is 0 Å². The summed E-state index contributed by atoms with van der Waals surface area (Å²) in [5, 5.41) is 13.9. The Balaban J connectivity index is 1.71. The van der Waals surface area contributed by atoms with E-state index in [1.54, 1.807) is 0 Å². The Morgan fingerprint density at radius 1 is 1.14 bits per heavy atom. The average molecular weight is 296 g/mol. The number of amides is 3. The molecule has 0 aliphatic heterocycles. The van der Waals surface area contributed by atoms with E-state index in [1.165, 1.54) is 39.5 Å². The van der Waals surface area contributed by atoms with Gasteiger partial charge in [-0.25, -0.2) is 4.79 Å². The van der Waals surface area contributed by atoms with E-state index in [0.29, 0.717) is 12.5 Å². The lowest BCUT2D eigenvalue weighted by atomic mass is 9.89. The number of hydrogen-bond donors (Lipinski definition) is 3. The Morgan fingerprint density at radius 3 is 2.10 bits per heavy atom. The van der Waals surface area contributed by atoms with Crippen LogP contribution < -0.4 is 10.6 Å². The van der Waals surface area contributed by atoms with Crippen LogP contribution >= 0.6 is 0 Å². The van der Waals surface area contributed by atoms with Crippen molar-refractivity contribution < 1.29 is 19.5 Å². The molecule has 0 aromatic carbocycles. The van der Waals surface area contributed by atoms with E-state index in [4.69, 9.17) is 5.11 Å². The van der Waals surface area contributed by atoms with Gasteiger partial charge in [-0.3, -0.25) is 14.9 Å². The van der Waals surface area contributed by atoms with Crippen LogP contribution in [0.3, 0.4) is 0 Å². The van der Waals surface area contributed by atoms with Gasteiger partial charge in [0.15, 0.2) is 0 Å². The van der Waals surface area contributed by atoms with E-state index >= 15 is 0 Å². The normalized spacial score (nSPS) is 18.4. The lowest BCUT2D eigenvalue weighted by Gasteiger charge is -2.19. The number of carbonyl (C=O) groups is 3. The van der Waals surface area contributed by atoms with Crippen molar-refractivity contribution in [2.45, 2.75) is 46.0 Å². The van der Waals surface area contributed by atoms with Crippen LogP contribution in [-0.4, -0.2) is 29.6 Å². The Labute approximate surface area is 124 Å².